The van der Waals surface area contributed by atoms with Crippen LogP contribution >= 0.6 is 0 Å². The molecule has 0 saturated carbocycles. The van der Waals surface area contributed by atoms with Crippen molar-refractivity contribution in [3.63, 3.8) is 0 Å². The molecule has 118 valence electrons. The summed E-state index contributed by atoms with van der Waals surface area (Å²) in [6, 6.07) is 9.90. The molecule has 0 unspecified atom stereocenters. The second-order valence-corrected chi connectivity index (χ2v) is 5.14. The van der Waals surface area contributed by atoms with Crippen LogP contribution in [0, 0.1) is 5.82 Å². The van der Waals surface area contributed by atoms with Crippen LogP contribution in [0.4, 0.5) is 15.9 Å². The molecule has 0 fully saturated rings. The van der Waals surface area contributed by atoms with Crippen molar-refractivity contribution in [3.8, 4) is 17.1 Å². The second kappa shape index (κ2) is 5.27. The lowest BCUT2D eigenvalue weighted by atomic mass is 10.1. The van der Waals surface area contributed by atoms with Crippen LogP contribution in [0.25, 0.3) is 28.1 Å². The minimum Gasteiger partial charge on any atom is -0.396 e. The van der Waals surface area contributed by atoms with E-state index in [0.29, 0.717) is 28.1 Å². The van der Waals surface area contributed by atoms with Gasteiger partial charge in [-0.25, -0.2) is 19.3 Å². The third-order valence-corrected chi connectivity index (χ3v) is 3.63. The van der Waals surface area contributed by atoms with Crippen molar-refractivity contribution in [2.24, 2.45) is 0 Å². The third kappa shape index (κ3) is 2.12. The molecule has 0 amide bonds. The maximum absolute atomic E-state index is 13.9. The molecule has 0 spiro atoms. The predicted octanol–water partition coefficient (Wildman–Crippen LogP) is 2.18. The van der Waals surface area contributed by atoms with E-state index in [1.165, 1.54) is 18.5 Å². The summed E-state index contributed by atoms with van der Waals surface area (Å²) in [5.41, 5.74) is 13.1. The van der Waals surface area contributed by atoms with E-state index in [0.717, 1.165) is 0 Å². The van der Waals surface area contributed by atoms with E-state index >= 15 is 0 Å². The first-order valence-corrected chi connectivity index (χ1v) is 7.11. The first-order chi connectivity index (χ1) is 11.6. The molecule has 0 aliphatic carbocycles. The van der Waals surface area contributed by atoms with E-state index in [1.54, 1.807) is 29.1 Å². The Kier molecular flexibility index (Phi) is 3.09. The zero-order valence-electron chi connectivity index (χ0n) is 12.4. The normalized spacial score (nSPS) is 11.0. The average Bonchev–Trinajstić information content (AvgIpc) is 2.99. The number of pyridine rings is 1. The molecular weight excluding hydrogens is 309 g/mol. The Hall–Kier alpha value is -3.55. The van der Waals surface area contributed by atoms with Crippen molar-refractivity contribution in [2.45, 2.75) is 0 Å². The molecule has 0 radical (unpaired) electrons. The third-order valence-electron chi connectivity index (χ3n) is 3.63. The van der Waals surface area contributed by atoms with Gasteiger partial charge in [0.15, 0.2) is 11.5 Å². The largest absolute Gasteiger partial charge is 0.396 e. The Morgan fingerprint density at radius 3 is 2.62 bits per heavy atom. The Balaban J connectivity index is 2.04. The van der Waals surface area contributed by atoms with Crippen LogP contribution in [0.15, 0.2) is 48.9 Å². The van der Waals surface area contributed by atoms with Crippen molar-refractivity contribution < 1.29 is 4.39 Å². The monoisotopic (exact) mass is 321 g/mol. The molecule has 3 heterocycles. The van der Waals surface area contributed by atoms with Gasteiger partial charge >= 0.3 is 0 Å². The van der Waals surface area contributed by atoms with E-state index < -0.39 is 5.82 Å². The number of fused-ring (bicyclic) bond motifs is 1. The molecule has 7 nitrogen and oxygen atoms in total. The van der Waals surface area contributed by atoms with Crippen LogP contribution in [0.3, 0.4) is 0 Å². The van der Waals surface area contributed by atoms with Gasteiger partial charge < -0.3 is 11.5 Å². The molecule has 0 bridgehead atoms. The standard InChI is InChI=1S/C16H12FN7/c17-10-7-9(4-5-11(10)18)14-13-15(19)21-8-22-16(13)24(23-14)12-3-1-2-6-20-12/h1-8H,18H2,(H2,19,21,22). The number of hydrogen-bond donors (Lipinski definition) is 2. The first kappa shape index (κ1) is 14.1. The maximum atomic E-state index is 13.9. The lowest BCUT2D eigenvalue weighted by molar-refractivity contribution is 0.633. The molecule has 8 heteroatoms. The number of nitrogens with two attached hydrogens (primary N) is 2. The Morgan fingerprint density at radius 2 is 1.88 bits per heavy atom. The number of nitrogens with zero attached hydrogens (tertiary/aromatic N) is 5. The molecule has 1 aromatic carbocycles. The highest BCUT2D eigenvalue weighted by Gasteiger charge is 2.19. The smallest absolute Gasteiger partial charge is 0.170 e. The number of halogens is 1. The minimum atomic E-state index is -0.525. The summed E-state index contributed by atoms with van der Waals surface area (Å²) in [5, 5.41) is 5.06. The molecule has 0 aliphatic heterocycles. The van der Waals surface area contributed by atoms with Crippen molar-refractivity contribution in [1.29, 1.82) is 0 Å². The highest BCUT2D eigenvalue weighted by atomic mass is 19.1. The van der Waals surface area contributed by atoms with Gasteiger partial charge in [0.2, 0.25) is 0 Å². The summed E-state index contributed by atoms with van der Waals surface area (Å²) in [6.45, 7) is 0. The van der Waals surface area contributed by atoms with Gasteiger partial charge in [-0.15, -0.1) is 0 Å². The molecule has 0 aliphatic rings. The van der Waals surface area contributed by atoms with Crippen LogP contribution in [-0.2, 0) is 0 Å². The van der Waals surface area contributed by atoms with Crippen LogP contribution in [0.2, 0.25) is 0 Å². The van der Waals surface area contributed by atoms with Crippen LogP contribution in [-0.4, -0.2) is 24.7 Å². The summed E-state index contributed by atoms with van der Waals surface area (Å²) in [6.07, 6.45) is 3.00. The average molecular weight is 321 g/mol. The van der Waals surface area contributed by atoms with Crippen molar-refractivity contribution in [2.75, 3.05) is 11.5 Å². The van der Waals surface area contributed by atoms with Gasteiger partial charge in [0.1, 0.15) is 23.7 Å². The number of benzene rings is 1. The fraction of sp³-hybridized carbons (Fsp3) is 0. The van der Waals surface area contributed by atoms with Gasteiger partial charge in [-0.3, -0.25) is 0 Å². The SMILES string of the molecule is Nc1ccc(-c2nn(-c3ccccn3)c3ncnc(N)c23)cc1F. The molecular formula is C16H12FN7. The van der Waals surface area contributed by atoms with Crippen molar-refractivity contribution in [1.82, 2.24) is 24.7 Å². The summed E-state index contributed by atoms with van der Waals surface area (Å²) in [7, 11) is 0. The molecule has 4 N–H and O–H groups in total. The Labute approximate surface area is 135 Å². The fourth-order valence-electron chi connectivity index (χ4n) is 2.49. The van der Waals surface area contributed by atoms with Crippen LogP contribution < -0.4 is 11.5 Å². The first-order valence-electron chi connectivity index (χ1n) is 7.11. The molecule has 24 heavy (non-hydrogen) atoms. The quantitative estimate of drug-likeness (QED) is 0.548. The number of aromatic nitrogens is 5. The number of rotatable bonds is 2. The number of anilines is 2. The predicted molar refractivity (Wildman–Crippen MR) is 88.7 cm³/mol. The zero-order valence-corrected chi connectivity index (χ0v) is 12.4. The van der Waals surface area contributed by atoms with Crippen LogP contribution in [0.5, 0.6) is 0 Å². The lowest BCUT2D eigenvalue weighted by Gasteiger charge is -2.01. The van der Waals surface area contributed by atoms with Crippen molar-refractivity contribution >= 4 is 22.5 Å². The minimum absolute atomic E-state index is 0.0661. The van der Waals surface area contributed by atoms with Gasteiger partial charge in [-0.05, 0) is 24.3 Å². The number of nitrogen functional groups attached to an aromatic ring is 2. The van der Waals surface area contributed by atoms with Gasteiger partial charge in [0.05, 0.1) is 11.1 Å². The van der Waals surface area contributed by atoms with E-state index in [1.807, 2.05) is 6.07 Å². The topological polar surface area (TPSA) is 109 Å². The van der Waals surface area contributed by atoms with Gasteiger partial charge in [0, 0.05) is 11.8 Å². The summed E-state index contributed by atoms with van der Waals surface area (Å²) in [4.78, 5) is 12.5. The molecule has 0 saturated heterocycles. The van der Waals surface area contributed by atoms with Gasteiger partial charge in [0.25, 0.3) is 0 Å². The van der Waals surface area contributed by atoms with E-state index in [2.05, 4.69) is 20.1 Å². The van der Waals surface area contributed by atoms with E-state index in [9.17, 15) is 4.39 Å². The maximum Gasteiger partial charge on any atom is 0.170 e. The Bertz CT molecular complexity index is 1040. The summed E-state index contributed by atoms with van der Waals surface area (Å²) >= 11 is 0. The highest BCUT2D eigenvalue weighted by molar-refractivity contribution is 5.98. The molecule has 4 aromatic rings. The highest BCUT2D eigenvalue weighted by Crippen LogP contribution is 2.32. The van der Waals surface area contributed by atoms with Crippen LogP contribution in [0.1, 0.15) is 0 Å². The van der Waals surface area contributed by atoms with Gasteiger partial charge in [-0.1, -0.05) is 12.1 Å². The second-order valence-electron chi connectivity index (χ2n) is 5.14. The van der Waals surface area contributed by atoms with E-state index in [4.69, 9.17) is 11.5 Å². The summed E-state index contributed by atoms with van der Waals surface area (Å²) < 4.78 is 15.4. The molecule has 0 atom stereocenters. The Morgan fingerprint density at radius 1 is 1.00 bits per heavy atom. The fourth-order valence-corrected chi connectivity index (χ4v) is 2.49. The van der Waals surface area contributed by atoms with E-state index in [-0.39, 0.29) is 11.5 Å². The van der Waals surface area contributed by atoms with Crippen molar-refractivity contribution in [3.05, 3.63) is 54.7 Å². The lowest BCUT2D eigenvalue weighted by Crippen LogP contribution is -2.00. The number of hydrogen-bond acceptors (Lipinski definition) is 6. The summed E-state index contributed by atoms with van der Waals surface area (Å²) in [5.74, 6) is 0.306. The molecule has 4 rings (SSSR count). The zero-order chi connectivity index (χ0) is 16.7. The van der Waals surface area contributed by atoms with Gasteiger partial charge in [-0.2, -0.15) is 9.78 Å². The molecule has 3 aromatic heterocycles.